The number of benzene rings is 1. The van der Waals surface area contributed by atoms with E-state index in [-0.39, 0.29) is 5.69 Å². The Morgan fingerprint density at radius 3 is 2.64 bits per heavy atom. The minimum Gasteiger partial charge on any atom is -0.465 e. The number of rotatable bonds is 3. The van der Waals surface area contributed by atoms with Crippen LogP contribution in [-0.4, -0.2) is 19.1 Å². The van der Waals surface area contributed by atoms with Crippen molar-refractivity contribution < 1.29 is 23.1 Å². The van der Waals surface area contributed by atoms with Gasteiger partial charge >= 0.3 is 12.0 Å². The average molecular weight is 366 g/mol. The van der Waals surface area contributed by atoms with Crippen molar-refractivity contribution in [3.8, 4) is 0 Å². The molecule has 0 spiro atoms. The van der Waals surface area contributed by atoms with Crippen LogP contribution < -0.4 is 10.6 Å². The molecule has 0 atom stereocenters. The lowest BCUT2D eigenvalue weighted by molar-refractivity contribution is 0.0601. The lowest BCUT2D eigenvalue weighted by Gasteiger charge is -2.12. The lowest BCUT2D eigenvalue weighted by Crippen LogP contribution is -2.21. The molecule has 8 heteroatoms. The Hall–Kier alpha value is -2.48. The molecular formula is C17H16F2N2O3S. The predicted octanol–water partition coefficient (Wildman–Crippen LogP) is 4.34. The standard InChI is InChI=1S/C17H16F2N2O3S/c1-24-16(22)14-10-4-2-3-5-13(10)25-15(14)21-17(23)20-12-7-6-9(18)8-11(12)19/h6-8H,2-5H2,1H3,(H2,20,21,23). The van der Waals surface area contributed by atoms with Crippen molar-refractivity contribution in [3.63, 3.8) is 0 Å². The number of nitrogens with one attached hydrogen (secondary N) is 2. The number of halogens is 2. The average Bonchev–Trinajstić information content (AvgIpc) is 2.94. The molecule has 2 N–H and O–H groups in total. The summed E-state index contributed by atoms with van der Waals surface area (Å²) in [6, 6.07) is 2.14. The van der Waals surface area contributed by atoms with E-state index in [0.717, 1.165) is 48.3 Å². The third kappa shape index (κ3) is 3.63. The van der Waals surface area contributed by atoms with Crippen LogP contribution in [0.1, 0.15) is 33.6 Å². The van der Waals surface area contributed by atoms with Gasteiger partial charge in [0.15, 0.2) is 0 Å². The minimum atomic E-state index is -0.881. The quantitative estimate of drug-likeness (QED) is 0.795. The summed E-state index contributed by atoms with van der Waals surface area (Å²) in [5, 5.41) is 5.27. The van der Waals surface area contributed by atoms with E-state index in [0.29, 0.717) is 16.6 Å². The van der Waals surface area contributed by atoms with Gasteiger partial charge in [-0.05, 0) is 43.4 Å². The van der Waals surface area contributed by atoms with Gasteiger partial charge in [0, 0.05) is 10.9 Å². The van der Waals surface area contributed by atoms with E-state index in [1.807, 2.05) is 0 Å². The summed E-state index contributed by atoms with van der Waals surface area (Å²) in [5.74, 6) is -2.13. The van der Waals surface area contributed by atoms with E-state index in [1.54, 1.807) is 0 Å². The van der Waals surface area contributed by atoms with Gasteiger partial charge in [-0.2, -0.15) is 0 Å². The fourth-order valence-electron chi connectivity index (χ4n) is 2.82. The molecule has 0 unspecified atom stereocenters. The number of urea groups is 1. The van der Waals surface area contributed by atoms with Gasteiger partial charge in [0.25, 0.3) is 0 Å². The van der Waals surface area contributed by atoms with E-state index in [2.05, 4.69) is 10.6 Å². The molecule has 1 aliphatic rings. The number of hydrogen-bond acceptors (Lipinski definition) is 4. The van der Waals surface area contributed by atoms with Crippen LogP contribution in [0.3, 0.4) is 0 Å². The van der Waals surface area contributed by atoms with Crippen molar-refractivity contribution in [2.45, 2.75) is 25.7 Å². The third-order valence-electron chi connectivity index (χ3n) is 3.97. The van der Waals surface area contributed by atoms with Crippen LogP contribution in [0.15, 0.2) is 18.2 Å². The van der Waals surface area contributed by atoms with E-state index in [4.69, 9.17) is 4.74 Å². The highest BCUT2D eigenvalue weighted by Crippen LogP contribution is 2.38. The number of carbonyl (C=O) groups is 2. The van der Waals surface area contributed by atoms with E-state index in [1.165, 1.54) is 18.4 Å². The maximum atomic E-state index is 13.6. The van der Waals surface area contributed by atoms with Crippen LogP contribution in [0, 0.1) is 11.6 Å². The van der Waals surface area contributed by atoms with Gasteiger partial charge in [0.2, 0.25) is 0 Å². The fourth-order valence-corrected chi connectivity index (χ4v) is 4.09. The van der Waals surface area contributed by atoms with Crippen molar-refractivity contribution >= 4 is 34.0 Å². The zero-order chi connectivity index (χ0) is 18.0. The number of anilines is 2. The molecule has 0 fully saturated rings. The number of hydrogen-bond donors (Lipinski definition) is 2. The number of amides is 2. The van der Waals surface area contributed by atoms with Crippen LogP contribution in [0.2, 0.25) is 0 Å². The first kappa shape index (κ1) is 17.3. The number of aryl methyl sites for hydroxylation is 1. The summed E-state index contributed by atoms with van der Waals surface area (Å²) in [6.45, 7) is 0. The predicted molar refractivity (Wildman–Crippen MR) is 91.3 cm³/mol. The molecule has 0 aliphatic heterocycles. The fraction of sp³-hybridized carbons (Fsp3) is 0.294. The number of methoxy groups -OCH3 is 1. The second kappa shape index (κ2) is 7.18. The van der Waals surface area contributed by atoms with Gasteiger partial charge in [-0.25, -0.2) is 18.4 Å². The Balaban J connectivity index is 1.83. The van der Waals surface area contributed by atoms with Gasteiger partial charge < -0.3 is 10.1 Å². The summed E-state index contributed by atoms with van der Waals surface area (Å²) in [4.78, 5) is 25.3. The lowest BCUT2D eigenvalue weighted by atomic mass is 9.95. The Morgan fingerprint density at radius 2 is 1.92 bits per heavy atom. The van der Waals surface area contributed by atoms with Crippen molar-refractivity contribution in [2.75, 3.05) is 17.7 Å². The van der Waals surface area contributed by atoms with Crippen LogP contribution >= 0.6 is 11.3 Å². The molecule has 1 aliphatic carbocycles. The van der Waals surface area contributed by atoms with Gasteiger partial charge in [-0.15, -0.1) is 11.3 Å². The zero-order valence-corrected chi connectivity index (χ0v) is 14.3. The molecule has 0 saturated carbocycles. The monoisotopic (exact) mass is 366 g/mol. The molecule has 1 heterocycles. The first-order chi connectivity index (χ1) is 12.0. The summed E-state index contributed by atoms with van der Waals surface area (Å²) < 4.78 is 31.4. The normalized spacial score (nSPS) is 13.1. The Kier molecular flexibility index (Phi) is 4.98. The van der Waals surface area contributed by atoms with E-state index < -0.39 is 23.6 Å². The SMILES string of the molecule is COC(=O)c1c(NC(=O)Nc2ccc(F)cc2F)sc2c1CCCC2. The summed E-state index contributed by atoms with van der Waals surface area (Å²) >= 11 is 1.32. The molecule has 0 bridgehead atoms. The first-order valence-corrected chi connectivity index (χ1v) is 8.57. The number of fused-ring (bicyclic) bond motifs is 1. The Morgan fingerprint density at radius 1 is 1.16 bits per heavy atom. The molecule has 2 aromatic rings. The van der Waals surface area contributed by atoms with Crippen LogP contribution in [0.5, 0.6) is 0 Å². The van der Waals surface area contributed by atoms with Crippen LogP contribution in [-0.2, 0) is 17.6 Å². The molecule has 5 nitrogen and oxygen atoms in total. The largest absolute Gasteiger partial charge is 0.465 e. The zero-order valence-electron chi connectivity index (χ0n) is 13.4. The van der Waals surface area contributed by atoms with Crippen molar-refractivity contribution in [3.05, 3.63) is 45.8 Å². The maximum absolute atomic E-state index is 13.6. The molecular weight excluding hydrogens is 350 g/mol. The molecule has 0 saturated heterocycles. The second-order valence-corrected chi connectivity index (χ2v) is 6.72. The minimum absolute atomic E-state index is 0.153. The smallest absolute Gasteiger partial charge is 0.341 e. The molecule has 3 rings (SSSR count). The summed E-state index contributed by atoms with van der Waals surface area (Å²) in [6.07, 6.45) is 3.60. The van der Waals surface area contributed by atoms with Gasteiger partial charge in [0.1, 0.15) is 16.6 Å². The van der Waals surface area contributed by atoms with Gasteiger partial charge in [-0.3, -0.25) is 5.32 Å². The van der Waals surface area contributed by atoms with E-state index in [9.17, 15) is 18.4 Å². The Labute approximate surface area is 147 Å². The third-order valence-corrected chi connectivity index (χ3v) is 5.17. The number of esters is 1. The van der Waals surface area contributed by atoms with Crippen molar-refractivity contribution in [2.24, 2.45) is 0 Å². The molecule has 2 amide bonds. The molecule has 132 valence electrons. The highest BCUT2D eigenvalue weighted by atomic mass is 32.1. The first-order valence-electron chi connectivity index (χ1n) is 7.75. The van der Waals surface area contributed by atoms with Gasteiger partial charge in [-0.1, -0.05) is 0 Å². The number of thiophene rings is 1. The molecule has 25 heavy (non-hydrogen) atoms. The molecule has 1 aromatic heterocycles. The number of ether oxygens (including phenoxy) is 1. The van der Waals surface area contributed by atoms with Crippen LogP contribution in [0.25, 0.3) is 0 Å². The molecule has 1 aromatic carbocycles. The van der Waals surface area contributed by atoms with Crippen molar-refractivity contribution in [1.82, 2.24) is 0 Å². The Bertz CT molecular complexity index is 836. The molecule has 0 radical (unpaired) electrons. The van der Waals surface area contributed by atoms with E-state index >= 15 is 0 Å². The highest BCUT2D eigenvalue weighted by molar-refractivity contribution is 7.17. The van der Waals surface area contributed by atoms with Crippen molar-refractivity contribution in [1.29, 1.82) is 0 Å². The maximum Gasteiger partial charge on any atom is 0.341 e. The second-order valence-electron chi connectivity index (χ2n) is 5.61. The summed E-state index contributed by atoms with van der Waals surface area (Å²) in [7, 11) is 1.28. The number of carbonyl (C=O) groups excluding carboxylic acids is 2. The van der Waals surface area contributed by atoms with Crippen LogP contribution in [0.4, 0.5) is 24.3 Å². The summed E-state index contributed by atoms with van der Waals surface area (Å²) in [5.41, 5.74) is 1.11. The highest BCUT2D eigenvalue weighted by Gasteiger charge is 2.27. The van der Waals surface area contributed by atoms with Gasteiger partial charge in [0.05, 0.1) is 18.4 Å². The topological polar surface area (TPSA) is 67.4 Å².